The molecule has 1 saturated heterocycles. The molecule has 0 bridgehead atoms. The second kappa shape index (κ2) is 5.48. The lowest BCUT2D eigenvalue weighted by Gasteiger charge is -2.19. The van der Waals surface area contributed by atoms with Crippen molar-refractivity contribution in [3.8, 4) is 0 Å². The number of aromatic nitrogens is 2. The molecule has 3 heterocycles. The maximum atomic E-state index is 11.2. The Morgan fingerprint density at radius 1 is 1.52 bits per heavy atom. The summed E-state index contributed by atoms with van der Waals surface area (Å²) in [5.74, 6) is -0.310. The van der Waals surface area contributed by atoms with Crippen molar-refractivity contribution in [2.45, 2.75) is 32.7 Å². The van der Waals surface area contributed by atoms with E-state index in [9.17, 15) is 9.90 Å². The summed E-state index contributed by atoms with van der Waals surface area (Å²) in [5, 5.41) is 9.21. The van der Waals surface area contributed by atoms with E-state index >= 15 is 0 Å². The van der Waals surface area contributed by atoms with Crippen LogP contribution in [-0.2, 0) is 6.42 Å². The third-order valence-electron chi connectivity index (χ3n) is 4.31. The molecule has 5 heteroatoms. The molecule has 1 unspecified atom stereocenters. The molecule has 0 amide bonds. The topological polar surface area (TPSA) is 57.8 Å². The van der Waals surface area contributed by atoms with Crippen LogP contribution in [0.25, 0.3) is 5.65 Å². The molecule has 3 rings (SSSR count). The first-order chi connectivity index (χ1) is 10.0. The van der Waals surface area contributed by atoms with Crippen LogP contribution in [0.4, 0.5) is 0 Å². The molecular formula is C16H21N3O2. The van der Waals surface area contributed by atoms with Crippen molar-refractivity contribution in [2.75, 3.05) is 13.1 Å². The van der Waals surface area contributed by atoms with Crippen LogP contribution in [0.1, 0.15) is 36.3 Å². The minimum atomic E-state index is -0.926. The molecule has 1 aliphatic heterocycles. The van der Waals surface area contributed by atoms with Gasteiger partial charge in [-0.2, -0.15) is 0 Å². The number of nitrogens with zero attached hydrogens (tertiary/aromatic N) is 3. The van der Waals surface area contributed by atoms with Crippen LogP contribution >= 0.6 is 0 Å². The molecule has 0 spiro atoms. The summed E-state index contributed by atoms with van der Waals surface area (Å²) in [6, 6.07) is 3.94. The Balaban J connectivity index is 1.80. The molecule has 1 aliphatic rings. The number of hydrogen-bond acceptors (Lipinski definition) is 3. The lowest BCUT2D eigenvalue weighted by Crippen LogP contribution is -2.28. The Morgan fingerprint density at radius 3 is 3.00 bits per heavy atom. The lowest BCUT2D eigenvalue weighted by molar-refractivity contribution is 0.0698. The van der Waals surface area contributed by atoms with E-state index in [1.54, 1.807) is 12.1 Å². The highest BCUT2D eigenvalue weighted by molar-refractivity contribution is 5.94. The highest BCUT2D eigenvalue weighted by Gasteiger charge is 2.25. The van der Waals surface area contributed by atoms with Crippen molar-refractivity contribution in [1.29, 1.82) is 0 Å². The predicted octanol–water partition coefficient (Wildman–Crippen LogP) is 2.31. The van der Waals surface area contributed by atoms with Crippen molar-refractivity contribution >= 4 is 11.6 Å². The molecule has 2 aromatic rings. The average molecular weight is 287 g/mol. The van der Waals surface area contributed by atoms with Gasteiger partial charge in [-0.05, 0) is 51.3 Å². The Morgan fingerprint density at radius 2 is 2.33 bits per heavy atom. The lowest BCUT2D eigenvalue weighted by atomic mass is 10.0. The first-order valence-electron chi connectivity index (χ1n) is 7.48. The molecule has 0 radical (unpaired) electrons. The first kappa shape index (κ1) is 14.1. The van der Waals surface area contributed by atoms with Gasteiger partial charge in [-0.1, -0.05) is 0 Å². The smallest absolute Gasteiger partial charge is 0.339 e. The van der Waals surface area contributed by atoms with E-state index in [4.69, 9.17) is 0 Å². The Kier molecular flexibility index (Phi) is 3.68. The Bertz CT molecular complexity index is 663. The van der Waals surface area contributed by atoms with Crippen molar-refractivity contribution in [2.24, 2.45) is 5.92 Å². The van der Waals surface area contributed by atoms with E-state index in [0.29, 0.717) is 17.6 Å². The minimum Gasteiger partial charge on any atom is -0.478 e. The van der Waals surface area contributed by atoms with Gasteiger partial charge in [0.25, 0.3) is 0 Å². The predicted molar refractivity (Wildman–Crippen MR) is 80.7 cm³/mol. The van der Waals surface area contributed by atoms with Gasteiger partial charge in [0.1, 0.15) is 5.56 Å². The molecule has 5 nitrogen and oxygen atoms in total. The number of carboxylic acid groups (broad SMARTS) is 1. The summed E-state index contributed by atoms with van der Waals surface area (Å²) < 4.78 is 1.81. The molecule has 0 saturated carbocycles. The van der Waals surface area contributed by atoms with E-state index < -0.39 is 5.97 Å². The number of carboxylic acids is 1. The molecule has 112 valence electrons. The number of carbonyl (C=O) groups is 1. The third-order valence-corrected chi connectivity index (χ3v) is 4.31. The number of hydrogen-bond donors (Lipinski definition) is 1. The molecule has 2 aromatic heterocycles. The van der Waals surface area contributed by atoms with Crippen LogP contribution in [0.3, 0.4) is 0 Å². The van der Waals surface area contributed by atoms with Gasteiger partial charge in [-0.3, -0.25) is 0 Å². The number of fused-ring (bicyclic) bond motifs is 1. The van der Waals surface area contributed by atoms with Gasteiger partial charge in [-0.15, -0.1) is 0 Å². The van der Waals surface area contributed by atoms with Crippen molar-refractivity contribution in [3.05, 3.63) is 35.8 Å². The summed E-state index contributed by atoms with van der Waals surface area (Å²) >= 11 is 0. The van der Waals surface area contributed by atoms with Crippen LogP contribution in [-0.4, -0.2) is 44.5 Å². The summed E-state index contributed by atoms with van der Waals surface area (Å²) in [6.45, 7) is 6.71. The van der Waals surface area contributed by atoms with Gasteiger partial charge in [0, 0.05) is 25.0 Å². The van der Waals surface area contributed by atoms with Crippen LogP contribution in [0.2, 0.25) is 0 Å². The van der Waals surface area contributed by atoms with Crippen LogP contribution in [0.5, 0.6) is 0 Å². The second-order valence-electron chi connectivity index (χ2n) is 6.14. The number of aromatic carboxylic acids is 1. The molecule has 1 fully saturated rings. The number of pyridine rings is 1. The minimum absolute atomic E-state index is 0.263. The van der Waals surface area contributed by atoms with Gasteiger partial charge < -0.3 is 14.4 Å². The van der Waals surface area contributed by atoms with E-state index in [0.717, 1.165) is 25.2 Å². The fourth-order valence-corrected chi connectivity index (χ4v) is 3.12. The van der Waals surface area contributed by atoms with Crippen molar-refractivity contribution < 1.29 is 9.90 Å². The van der Waals surface area contributed by atoms with Gasteiger partial charge in [0.2, 0.25) is 0 Å². The molecule has 0 aliphatic carbocycles. The molecule has 21 heavy (non-hydrogen) atoms. The van der Waals surface area contributed by atoms with E-state index in [1.165, 1.54) is 6.42 Å². The fraction of sp³-hybridized carbons (Fsp3) is 0.500. The largest absolute Gasteiger partial charge is 0.478 e. The molecule has 1 atom stereocenters. The average Bonchev–Trinajstić information content (AvgIpc) is 3.04. The monoisotopic (exact) mass is 287 g/mol. The van der Waals surface area contributed by atoms with E-state index in [-0.39, 0.29) is 5.56 Å². The zero-order chi connectivity index (χ0) is 15.0. The number of likely N-dealkylation sites (tertiary alicyclic amines) is 1. The maximum Gasteiger partial charge on any atom is 0.339 e. The molecular weight excluding hydrogens is 266 g/mol. The van der Waals surface area contributed by atoms with Crippen molar-refractivity contribution in [3.63, 3.8) is 0 Å². The normalized spacial score (nSPS) is 19.7. The van der Waals surface area contributed by atoms with Gasteiger partial charge in [0.15, 0.2) is 5.65 Å². The molecule has 1 N–H and O–H groups in total. The fourth-order valence-electron chi connectivity index (χ4n) is 3.12. The molecule has 0 aromatic carbocycles. The maximum absolute atomic E-state index is 11.2. The van der Waals surface area contributed by atoms with E-state index in [2.05, 4.69) is 23.7 Å². The van der Waals surface area contributed by atoms with Crippen molar-refractivity contribution in [1.82, 2.24) is 14.3 Å². The van der Waals surface area contributed by atoms with Crippen LogP contribution < -0.4 is 0 Å². The highest BCUT2D eigenvalue weighted by atomic mass is 16.4. The third kappa shape index (κ3) is 2.78. The second-order valence-corrected chi connectivity index (χ2v) is 6.14. The highest BCUT2D eigenvalue weighted by Crippen LogP contribution is 2.23. The Labute approximate surface area is 124 Å². The van der Waals surface area contributed by atoms with Crippen LogP contribution in [0.15, 0.2) is 24.5 Å². The number of imidazole rings is 1. The zero-order valence-corrected chi connectivity index (χ0v) is 12.5. The SMILES string of the molecule is CC(C)N1CCC(Cc2cn3cccc(C(=O)O)c3n2)C1. The summed E-state index contributed by atoms with van der Waals surface area (Å²) in [5.41, 5.74) is 1.79. The Hall–Kier alpha value is -1.88. The summed E-state index contributed by atoms with van der Waals surface area (Å²) in [4.78, 5) is 18.2. The standard InChI is InChI=1S/C16H21N3O2/c1-11(2)18-7-5-12(9-18)8-13-10-19-6-3-4-14(16(20)21)15(19)17-13/h3-4,6,10-12H,5,7-9H2,1-2H3,(H,20,21). The van der Waals surface area contributed by atoms with E-state index in [1.807, 2.05) is 16.8 Å². The number of rotatable bonds is 4. The first-order valence-corrected chi connectivity index (χ1v) is 7.48. The zero-order valence-electron chi connectivity index (χ0n) is 12.5. The van der Waals surface area contributed by atoms with Gasteiger partial charge in [0.05, 0.1) is 5.69 Å². The quantitative estimate of drug-likeness (QED) is 0.937. The van der Waals surface area contributed by atoms with Gasteiger partial charge in [-0.25, -0.2) is 9.78 Å². The van der Waals surface area contributed by atoms with Crippen LogP contribution in [0, 0.1) is 5.92 Å². The summed E-state index contributed by atoms with van der Waals surface area (Å²) in [7, 11) is 0. The summed E-state index contributed by atoms with van der Waals surface area (Å²) in [6.07, 6.45) is 5.93. The van der Waals surface area contributed by atoms with Gasteiger partial charge >= 0.3 is 5.97 Å².